The molecule has 6 heteroatoms. The number of hydrogen-bond donors (Lipinski definition) is 2. The zero-order chi connectivity index (χ0) is 14.8. The van der Waals surface area contributed by atoms with Crippen molar-refractivity contribution in [3.05, 3.63) is 29.3 Å². The van der Waals surface area contributed by atoms with Gasteiger partial charge >= 0.3 is 6.01 Å². The Labute approximate surface area is 123 Å². The van der Waals surface area contributed by atoms with E-state index in [-0.39, 0.29) is 18.1 Å². The second-order valence-electron chi connectivity index (χ2n) is 5.43. The number of hydrogen-bond acceptors (Lipinski definition) is 6. The zero-order valence-electron chi connectivity index (χ0n) is 12.3. The van der Waals surface area contributed by atoms with Crippen LogP contribution in [-0.4, -0.2) is 21.1 Å². The molecule has 0 saturated carbocycles. The summed E-state index contributed by atoms with van der Waals surface area (Å²) in [6, 6.07) is 6.57. The molecule has 3 N–H and O–H groups in total. The molecule has 0 atom stereocenters. The maximum absolute atomic E-state index is 5.70. The second-order valence-corrected chi connectivity index (χ2v) is 5.43. The van der Waals surface area contributed by atoms with Crippen LogP contribution in [0, 0.1) is 0 Å². The molecule has 0 fully saturated rings. The van der Waals surface area contributed by atoms with Gasteiger partial charge in [0.1, 0.15) is 0 Å². The lowest BCUT2D eigenvalue weighted by molar-refractivity contribution is 0.222. The predicted molar refractivity (Wildman–Crippen MR) is 81.8 cm³/mol. The minimum Gasteiger partial charge on any atom is -0.461 e. The standard InChI is InChI=1S/C15H19N5O/c1-9(2)21-15-19-13(16)18-14(20-15)17-12-7-6-10-4-3-5-11(10)8-12/h6-9H,3-5H2,1-2H3,(H3,16,17,18,19,20). The van der Waals surface area contributed by atoms with Crippen molar-refractivity contribution in [2.24, 2.45) is 0 Å². The molecule has 0 unspecified atom stereocenters. The Morgan fingerprint density at radius 2 is 1.95 bits per heavy atom. The van der Waals surface area contributed by atoms with Crippen molar-refractivity contribution in [3.8, 4) is 6.01 Å². The average molecular weight is 285 g/mol. The van der Waals surface area contributed by atoms with Crippen LogP contribution >= 0.6 is 0 Å². The molecule has 21 heavy (non-hydrogen) atoms. The van der Waals surface area contributed by atoms with Crippen molar-refractivity contribution in [2.45, 2.75) is 39.2 Å². The van der Waals surface area contributed by atoms with Gasteiger partial charge in [0.2, 0.25) is 11.9 Å². The van der Waals surface area contributed by atoms with E-state index in [9.17, 15) is 0 Å². The van der Waals surface area contributed by atoms with Gasteiger partial charge in [0.15, 0.2) is 0 Å². The van der Waals surface area contributed by atoms with E-state index in [1.807, 2.05) is 19.9 Å². The lowest BCUT2D eigenvalue weighted by Gasteiger charge is -2.10. The molecule has 3 rings (SSSR count). The number of nitrogens with zero attached hydrogens (tertiary/aromatic N) is 3. The van der Waals surface area contributed by atoms with Crippen molar-refractivity contribution >= 4 is 17.6 Å². The number of benzene rings is 1. The van der Waals surface area contributed by atoms with Gasteiger partial charge < -0.3 is 15.8 Å². The lowest BCUT2D eigenvalue weighted by Crippen LogP contribution is -2.11. The fraction of sp³-hybridized carbons (Fsp3) is 0.400. The molecule has 110 valence electrons. The van der Waals surface area contributed by atoms with E-state index >= 15 is 0 Å². The van der Waals surface area contributed by atoms with Gasteiger partial charge in [-0.15, -0.1) is 0 Å². The zero-order valence-corrected chi connectivity index (χ0v) is 12.3. The van der Waals surface area contributed by atoms with Crippen molar-refractivity contribution < 1.29 is 4.74 Å². The number of fused-ring (bicyclic) bond motifs is 1. The number of rotatable bonds is 4. The summed E-state index contributed by atoms with van der Waals surface area (Å²) in [6.45, 7) is 3.82. The first kappa shape index (κ1) is 13.6. The maximum Gasteiger partial charge on any atom is 0.323 e. The fourth-order valence-electron chi connectivity index (χ4n) is 2.47. The Morgan fingerprint density at radius 3 is 2.76 bits per heavy atom. The first-order chi connectivity index (χ1) is 10.1. The Hall–Kier alpha value is -2.37. The van der Waals surface area contributed by atoms with E-state index in [2.05, 4.69) is 32.4 Å². The van der Waals surface area contributed by atoms with E-state index in [0.717, 1.165) is 12.1 Å². The summed E-state index contributed by atoms with van der Waals surface area (Å²) >= 11 is 0. The third-order valence-electron chi connectivity index (χ3n) is 3.33. The van der Waals surface area contributed by atoms with Gasteiger partial charge in [-0.1, -0.05) is 6.07 Å². The van der Waals surface area contributed by atoms with Gasteiger partial charge in [0.05, 0.1) is 6.10 Å². The van der Waals surface area contributed by atoms with Crippen LogP contribution in [0.3, 0.4) is 0 Å². The highest BCUT2D eigenvalue weighted by Gasteiger charge is 2.12. The summed E-state index contributed by atoms with van der Waals surface area (Å²) in [5.41, 5.74) is 9.47. The van der Waals surface area contributed by atoms with Gasteiger partial charge in [-0.05, 0) is 56.4 Å². The van der Waals surface area contributed by atoms with E-state index in [4.69, 9.17) is 10.5 Å². The van der Waals surface area contributed by atoms with Gasteiger partial charge in [0.25, 0.3) is 0 Å². The van der Waals surface area contributed by atoms with Crippen LogP contribution in [0.5, 0.6) is 6.01 Å². The number of nitrogens with one attached hydrogen (secondary N) is 1. The van der Waals surface area contributed by atoms with Gasteiger partial charge in [0, 0.05) is 5.69 Å². The summed E-state index contributed by atoms with van der Waals surface area (Å²) in [5, 5.41) is 3.17. The molecule has 1 aliphatic carbocycles. The highest BCUT2D eigenvalue weighted by atomic mass is 16.5. The first-order valence-electron chi connectivity index (χ1n) is 7.17. The van der Waals surface area contributed by atoms with E-state index in [1.165, 1.54) is 24.0 Å². The molecule has 0 spiro atoms. The minimum atomic E-state index is -0.0142. The summed E-state index contributed by atoms with van der Waals surface area (Å²) in [6.07, 6.45) is 3.51. The summed E-state index contributed by atoms with van der Waals surface area (Å²) in [5.74, 6) is 0.542. The van der Waals surface area contributed by atoms with Gasteiger partial charge in [-0.25, -0.2) is 0 Å². The molecule has 1 heterocycles. The normalized spacial score (nSPS) is 13.3. The van der Waals surface area contributed by atoms with E-state index in [1.54, 1.807) is 0 Å². The number of nitrogens with two attached hydrogens (primary N) is 1. The number of aryl methyl sites for hydroxylation is 2. The third kappa shape index (κ3) is 3.21. The highest BCUT2D eigenvalue weighted by Crippen LogP contribution is 2.26. The molecule has 0 aliphatic heterocycles. The Bertz CT molecular complexity index is 657. The highest BCUT2D eigenvalue weighted by molar-refractivity contribution is 5.57. The van der Waals surface area contributed by atoms with Crippen LogP contribution < -0.4 is 15.8 Å². The van der Waals surface area contributed by atoms with Gasteiger partial charge in [-0.2, -0.15) is 15.0 Å². The predicted octanol–water partition coefficient (Wildman–Crippen LogP) is 2.47. The fourth-order valence-corrected chi connectivity index (χ4v) is 2.47. The molecule has 6 nitrogen and oxygen atoms in total. The Morgan fingerprint density at radius 1 is 1.14 bits per heavy atom. The number of nitrogen functional groups attached to an aromatic ring is 1. The molecule has 1 aliphatic rings. The first-order valence-corrected chi connectivity index (χ1v) is 7.17. The smallest absolute Gasteiger partial charge is 0.323 e. The molecular formula is C15H19N5O. The van der Waals surface area contributed by atoms with E-state index in [0.29, 0.717) is 5.95 Å². The Kier molecular flexibility index (Phi) is 3.60. The maximum atomic E-state index is 5.70. The average Bonchev–Trinajstić information content (AvgIpc) is 2.84. The quantitative estimate of drug-likeness (QED) is 0.897. The van der Waals surface area contributed by atoms with Crippen LogP contribution in [0.1, 0.15) is 31.4 Å². The van der Waals surface area contributed by atoms with Crippen molar-refractivity contribution in [1.82, 2.24) is 15.0 Å². The summed E-state index contributed by atoms with van der Waals surface area (Å²) < 4.78 is 5.47. The summed E-state index contributed by atoms with van der Waals surface area (Å²) in [7, 11) is 0. The van der Waals surface area contributed by atoms with Crippen LogP contribution in [-0.2, 0) is 12.8 Å². The molecule has 1 aromatic heterocycles. The number of aromatic nitrogens is 3. The van der Waals surface area contributed by atoms with Crippen LogP contribution in [0.15, 0.2) is 18.2 Å². The van der Waals surface area contributed by atoms with E-state index < -0.39 is 0 Å². The SMILES string of the molecule is CC(C)Oc1nc(N)nc(Nc2ccc3c(c2)CCC3)n1. The summed E-state index contributed by atoms with van der Waals surface area (Å²) in [4.78, 5) is 12.3. The largest absolute Gasteiger partial charge is 0.461 e. The number of ether oxygens (including phenoxy) is 1. The van der Waals surface area contributed by atoms with Crippen molar-refractivity contribution in [2.75, 3.05) is 11.1 Å². The molecular weight excluding hydrogens is 266 g/mol. The molecule has 0 amide bonds. The Balaban J connectivity index is 1.82. The third-order valence-corrected chi connectivity index (χ3v) is 3.33. The molecule has 1 aromatic carbocycles. The van der Waals surface area contributed by atoms with Crippen LogP contribution in [0.4, 0.5) is 17.6 Å². The molecule has 0 bridgehead atoms. The van der Waals surface area contributed by atoms with Gasteiger partial charge in [-0.3, -0.25) is 0 Å². The number of anilines is 3. The lowest BCUT2D eigenvalue weighted by atomic mass is 10.1. The van der Waals surface area contributed by atoms with Crippen molar-refractivity contribution in [1.29, 1.82) is 0 Å². The van der Waals surface area contributed by atoms with Crippen LogP contribution in [0.25, 0.3) is 0 Å². The monoisotopic (exact) mass is 285 g/mol. The van der Waals surface area contributed by atoms with Crippen LogP contribution in [0.2, 0.25) is 0 Å². The second kappa shape index (κ2) is 5.55. The molecule has 0 saturated heterocycles. The topological polar surface area (TPSA) is 86.0 Å². The molecule has 0 radical (unpaired) electrons. The minimum absolute atomic E-state index is 0.0142. The van der Waals surface area contributed by atoms with Crippen molar-refractivity contribution in [3.63, 3.8) is 0 Å². The molecule has 2 aromatic rings.